The molecule has 0 aromatic heterocycles. The van der Waals surface area contributed by atoms with E-state index in [4.69, 9.17) is 9.47 Å². The van der Waals surface area contributed by atoms with Crippen molar-refractivity contribution in [2.75, 3.05) is 13.2 Å². The highest BCUT2D eigenvalue weighted by Crippen LogP contribution is 2.23. The van der Waals surface area contributed by atoms with Crippen LogP contribution in [0.5, 0.6) is 0 Å². The zero-order valence-corrected chi connectivity index (χ0v) is 42.2. The van der Waals surface area contributed by atoms with Gasteiger partial charge < -0.3 is 50.5 Å². The molecule has 9 atom stereocenters. The van der Waals surface area contributed by atoms with Gasteiger partial charge in [-0.1, -0.05) is 211 Å². The van der Waals surface area contributed by atoms with Crippen LogP contribution in [0.15, 0.2) is 36.5 Å². The topological polar surface area (TPSA) is 189 Å². The van der Waals surface area contributed by atoms with Crippen LogP contribution in [-0.2, 0) is 14.3 Å². The molecule has 1 aliphatic rings. The molecule has 1 saturated heterocycles. The van der Waals surface area contributed by atoms with E-state index in [0.29, 0.717) is 19.3 Å². The maximum absolute atomic E-state index is 13.0. The molecule has 0 bridgehead atoms. The molecule has 66 heavy (non-hydrogen) atoms. The van der Waals surface area contributed by atoms with Crippen molar-refractivity contribution in [3.63, 3.8) is 0 Å². The highest BCUT2D eigenvalue weighted by Gasteiger charge is 2.44. The molecule has 9 unspecified atom stereocenters. The van der Waals surface area contributed by atoms with Gasteiger partial charge in [0.05, 0.1) is 25.4 Å². The fraction of sp³-hybridized carbons (Fsp3) is 0.873. The molecule has 1 aliphatic heterocycles. The Labute approximate surface area is 403 Å². The van der Waals surface area contributed by atoms with Crippen LogP contribution >= 0.6 is 0 Å². The lowest BCUT2D eigenvalue weighted by molar-refractivity contribution is -0.303. The molecular formula is C55H103NO10. The maximum atomic E-state index is 13.0. The van der Waals surface area contributed by atoms with E-state index in [1.165, 1.54) is 148 Å². The maximum Gasteiger partial charge on any atom is 0.249 e. The van der Waals surface area contributed by atoms with Crippen molar-refractivity contribution in [3.05, 3.63) is 36.5 Å². The van der Waals surface area contributed by atoms with E-state index in [2.05, 4.69) is 55.6 Å². The average Bonchev–Trinajstić information content (AvgIpc) is 3.32. The summed E-state index contributed by atoms with van der Waals surface area (Å²) in [6.45, 7) is 3.40. The lowest BCUT2D eigenvalue weighted by Gasteiger charge is -2.40. The molecule has 0 aliphatic carbocycles. The first kappa shape index (κ1) is 62.3. The summed E-state index contributed by atoms with van der Waals surface area (Å²) >= 11 is 0. The Morgan fingerprint density at radius 3 is 1.35 bits per heavy atom. The lowest BCUT2D eigenvalue weighted by atomic mass is 9.98. The first-order valence-corrected chi connectivity index (χ1v) is 27.4. The van der Waals surface area contributed by atoms with Gasteiger partial charge in [-0.15, -0.1) is 0 Å². The van der Waals surface area contributed by atoms with Crippen LogP contribution in [0, 0.1) is 0 Å². The largest absolute Gasteiger partial charge is 0.394 e. The highest BCUT2D eigenvalue weighted by molar-refractivity contribution is 5.80. The molecule has 0 saturated carbocycles. The third-order valence-electron chi connectivity index (χ3n) is 13.2. The number of hydrogen-bond donors (Lipinski definition) is 8. The Bertz CT molecular complexity index is 1170. The fourth-order valence-electron chi connectivity index (χ4n) is 8.65. The normalized spacial score (nSPS) is 21.0. The molecule has 388 valence electrons. The summed E-state index contributed by atoms with van der Waals surface area (Å²) in [5, 5.41) is 75.6. The number of hydrogen-bond acceptors (Lipinski definition) is 10. The summed E-state index contributed by atoms with van der Waals surface area (Å²) in [4.78, 5) is 13.0. The molecule has 8 N–H and O–H groups in total. The summed E-state index contributed by atoms with van der Waals surface area (Å²) < 4.78 is 11.1. The number of nitrogens with one attached hydrogen (secondary N) is 1. The Balaban J connectivity index is 2.28. The van der Waals surface area contributed by atoms with Gasteiger partial charge in [-0.05, 0) is 64.2 Å². The SMILES string of the molecule is CCCCCCCCCCCCCCCCCCC/C=C/CC/C=C/CC/C=C/CCCC(O)C(O)C(COC1OC(CO)C(O)C(O)C1O)NC(=O)C(O)CCCCCCCCCCC. The lowest BCUT2D eigenvalue weighted by Crippen LogP contribution is -2.60. The van der Waals surface area contributed by atoms with E-state index in [1.54, 1.807) is 0 Å². The smallest absolute Gasteiger partial charge is 0.249 e. The van der Waals surface area contributed by atoms with Crippen LogP contribution < -0.4 is 5.32 Å². The standard InChI is InChI=1S/C55H103NO10/c1-3-5-7-9-11-13-14-15-16-17-18-19-20-21-22-23-24-25-26-27-28-29-30-31-32-33-35-36-38-40-42-47(58)50(60)46(45-65-55-53(63)52(62)51(61)49(44-57)66-55)56-54(64)48(59)43-41-39-37-34-12-10-8-6-4-2/h26-27,30-31,35-36,46-53,55,57-63H,3-25,28-29,32-34,37-45H2,1-2H3,(H,56,64)/b27-26+,31-30+,36-35+. The highest BCUT2D eigenvalue weighted by atomic mass is 16.7. The number of allylic oxidation sites excluding steroid dienone is 6. The third kappa shape index (κ3) is 33.0. The Morgan fingerprint density at radius 1 is 0.515 bits per heavy atom. The van der Waals surface area contributed by atoms with Crippen LogP contribution in [-0.4, -0.2) is 110 Å². The first-order valence-electron chi connectivity index (χ1n) is 27.4. The minimum atomic E-state index is -1.67. The second-order valence-corrected chi connectivity index (χ2v) is 19.3. The van der Waals surface area contributed by atoms with Gasteiger partial charge in [-0.2, -0.15) is 0 Å². The van der Waals surface area contributed by atoms with Gasteiger partial charge in [-0.25, -0.2) is 0 Å². The number of unbranched alkanes of at least 4 members (excludes halogenated alkanes) is 28. The second kappa shape index (κ2) is 44.5. The molecule has 1 amide bonds. The van der Waals surface area contributed by atoms with Crippen LogP contribution in [0.3, 0.4) is 0 Å². The van der Waals surface area contributed by atoms with Gasteiger partial charge in [0.15, 0.2) is 6.29 Å². The second-order valence-electron chi connectivity index (χ2n) is 19.3. The first-order chi connectivity index (χ1) is 32.2. The van der Waals surface area contributed by atoms with Crippen molar-refractivity contribution in [2.24, 2.45) is 0 Å². The number of carbonyl (C=O) groups is 1. The molecule has 0 aromatic carbocycles. The molecule has 1 fully saturated rings. The van der Waals surface area contributed by atoms with Crippen LogP contribution in [0.4, 0.5) is 0 Å². The summed E-state index contributed by atoms with van der Waals surface area (Å²) in [7, 11) is 0. The Morgan fingerprint density at radius 2 is 0.909 bits per heavy atom. The predicted molar refractivity (Wildman–Crippen MR) is 270 cm³/mol. The van der Waals surface area contributed by atoms with E-state index in [-0.39, 0.29) is 12.8 Å². The molecule has 11 heteroatoms. The van der Waals surface area contributed by atoms with Gasteiger partial charge in [0.25, 0.3) is 0 Å². The summed E-state index contributed by atoms with van der Waals surface area (Å²) in [6.07, 6.45) is 42.4. The van der Waals surface area contributed by atoms with E-state index < -0.39 is 74.2 Å². The zero-order valence-electron chi connectivity index (χ0n) is 42.2. The number of amides is 1. The summed E-state index contributed by atoms with van der Waals surface area (Å²) in [5.41, 5.74) is 0. The van der Waals surface area contributed by atoms with Gasteiger partial charge in [0, 0.05) is 0 Å². The van der Waals surface area contributed by atoms with Crippen LogP contribution in [0.25, 0.3) is 0 Å². The van der Waals surface area contributed by atoms with Gasteiger partial charge in [-0.3, -0.25) is 4.79 Å². The average molecular weight is 938 g/mol. The summed E-state index contributed by atoms with van der Waals surface area (Å²) in [5.74, 6) is -0.715. The number of ether oxygens (including phenoxy) is 2. The molecule has 0 spiro atoms. The molecule has 0 aromatic rings. The van der Waals surface area contributed by atoms with Crippen molar-refractivity contribution >= 4 is 5.91 Å². The van der Waals surface area contributed by atoms with Crippen molar-refractivity contribution < 1.29 is 50.0 Å². The number of carbonyl (C=O) groups excluding carboxylic acids is 1. The van der Waals surface area contributed by atoms with Crippen molar-refractivity contribution in [3.8, 4) is 0 Å². The fourth-order valence-corrected chi connectivity index (χ4v) is 8.65. The monoisotopic (exact) mass is 938 g/mol. The van der Waals surface area contributed by atoms with E-state index in [1.807, 2.05) is 0 Å². The molecular weight excluding hydrogens is 835 g/mol. The van der Waals surface area contributed by atoms with Gasteiger partial charge in [0.2, 0.25) is 5.91 Å². The third-order valence-corrected chi connectivity index (χ3v) is 13.2. The van der Waals surface area contributed by atoms with Crippen LogP contribution in [0.2, 0.25) is 0 Å². The summed E-state index contributed by atoms with van der Waals surface area (Å²) in [6, 6.07) is -1.19. The minimum Gasteiger partial charge on any atom is -0.394 e. The number of rotatable bonds is 46. The molecule has 1 rings (SSSR count). The molecule has 1 heterocycles. The van der Waals surface area contributed by atoms with Gasteiger partial charge in [0.1, 0.15) is 36.6 Å². The van der Waals surface area contributed by atoms with Crippen molar-refractivity contribution in [1.82, 2.24) is 5.32 Å². The minimum absolute atomic E-state index is 0.242. The van der Waals surface area contributed by atoms with E-state index in [0.717, 1.165) is 44.9 Å². The van der Waals surface area contributed by atoms with Crippen molar-refractivity contribution in [2.45, 2.75) is 294 Å². The van der Waals surface area contributed by atoms with E-state index in [9.17, 15) is 40.5 Å². The molecule has 11 nitrogen and oxygen atoms in total. The van der Waals surface area contributed by atoms with Crippen molar-refractivity contribution in [1.29, 1.82) is 0 Å². The Kier molecular flexibility index (Phi) is 42.1. The zero-order chi connectivity index (χ0) is 48.3. The Hall–Kier alpha value is -1.67. The van der Waals surface area contributed by atoms with Crippen LogP contribution in [0.1, 0.15) is 239 Å². The van der Waals surface area contributed by atoms with E-state index >= 15 is 0 Å². The molecule has 0 radical (unpaired) electrons. The predicted octanol–water partition coefficient (Wildman–Crippen LogP) is 10.7. The quantitative estimate of drug-likeness (QED) is 0.0215. The van der Waals surface area contributed by atoms with Gasteiger partial charge >= 0.3 is 0 Å². The number of aliphatic hydroxyl groups excluding tert-OH is 7. The number of aliphatic hydroxyl groups is 7.